The van der Waals surface area contributed by atoms with Gasteiger partial charge < -0.3 is 10.6 Å². The van der Waals surface area contributed by atoms with E-state index >= 15 is 0 Å². The molecule has 0 saturated heterocycles. The first-order valence-electron chi connectivity index (χ1n) is 7.16. The Morgan fingerprint density at radius 1 is 1.19 bits per heavy atom. The van der Waals surface area contributed by atoms with Gasteiger partial charge in [-0.1, -0.05) is 37.3 Å². The van der Waals surface area contributed by atoms with Crippen molar-refractivity contribution in [2.75, 3.05) is 5.32 Å². The van der Waals surface area contributed by atoms with Crippen molar-refractivity contribution >= 4 is 23.1 Å². The van der Waals surface area contributed by atoms with Crippen molar-refractivity contribution < 1.29 is 0 Å². The van der Waals surface area contributed by atoms with E-state index in [0.29, 0.717) is 5.11 Å². The Morgan fingerprint density at radius 2 is 1.95 bits per heavy atom. The molecule has 0 saturated carbocycles. The van der Waals surface area contributed by atoms with Gasteiger partial charge in [-0.3, -0.25) is 0 Å². The molecule has 0 spiro atoms. The van der Waals surface area contributed by atoms with Crippen LogP contribution in [0.1, 0.15) is 36.1 Å². The van der Waals surface area contributed by atoms with Crippen LogP contribution in [0.2, 0.25) is 0 Å². The number of rotatable bonds is 4. The van der Waals surface area contributed by atoms with E-state index in [2.05, 4.69) is 53.7 Å². The van der Waals surface area contributed by atoms with Gasteiger partial charge in [0, 0.05) is 6.20 Å². The van der Waals surface area contributed by atoms with Gasteiger partial charge in [0.05, 0.1) is 6.04 Å². The van der Waals surface area contributed by atoms with Crippen molar-refractivity contribution in [2.45, 2.75) is 33.2 Å². The minimum atomic E-state index is 0.205. The summed E-state index contributed by atoms with van der Waals surface area (Å²) in [5.41, 5.74) is 3.68. The first-order chi connectivity index (χ1) is 10.1. The average molecular weight is 299 g/mol. The number of thiocarbonyl (C=S) groups is 1. The number of pyridine rings is 1. The Labute approximate surface area is 131 Å². The quantitative estimate of drug-likeness (QED) is 0.832. The minimum absolute atomic E-state index is 0.205. The van der Waals surface area contributed by atoms with Crippen LogP contribution in [0.3, 0.4) is 0 Å². The van der Waals surface area contributed by atoms with Crippen molar-refractivity contribution in [3.63, 3.8) is 0 Å². The normalized spacial score (nSPS) is 11.8. The highest BCUT2D eigenvalue weighted by atomic mass is 32.1. The molecule has 0 aliphatic rings. The maximum absolute atomic E-state index is 5.39. The fourth-order valence-electron chi connectivity index (χ4n) is 2.23. The molecule has 4 heteroatoms. The third kappa shape index (κ3) is 4.26. The lowest BCUT2D eigenvalue weighted by molar-refractivity contribution is 0.625. The summed E-state index contributed by atoms with van der Waals surface area (Å²) in [5.74, 6) is 0.762. The van der Waals surface area contributed by atoms with Crippen molar-refractivity contribution in [1.29, 1.82) is 0 Å². The summed E-state index contributed by atoms with van der Waals surface area (Å²) in [6, 6.07) is 12.5. The molecule has 0 fully saturated rings. The molecule has 1 atom stereocenters. The van der Waals surface area contributed by atoms with Crippen LogP contribution in [0, 0.1) is 13.8 Å². The van der Waals surface area contributed by atoms with Crippen molar-refractivity contribution in [3.8, 4) is 0 Å². The molecule has 0 aliphatic carbocycles. The first kappa shape index (κ1) is 15.4. The maximum atomic E-state index is 5.39. The lowest BCUT2D eigenvalue weighted by Crippen LogP contribution is -2.32. The van der Waals surface area contributed by atoms with Crippen LogP contribution in [-0.2, 0) is 0 Å². The molecule has 0 unspecified atom stereocenters. The summed E-state index contributed by atoms with van der Waals surface area (Å²) in [5, 5.41) is 7.10. The zero-order valence-corrected chi connectivity index (χ0v) is 13.5. The summed E-state index contributed by atoms with van der Waals surface area (Å²) in [7, 11) is 0. The van der Waals surface area contributed by atoms with E-state index in [1.165, 1.54) is 11.1 Å². The first-order valence-corrected chi connectivity index (χ1v) is 7.56. The fraction of sp³-hybridized carbons (Fsp3) is 0.294. The summed E-state index contributed by atoms with van der Waals surface area (Å²) < 4.78 is 0. The predicted molar refractivity (Wildman–Crippen MR) is 92.5 cm³/mol. The number of hydrogen-bond acceptors (Lipinski definition) is 2. The third-order valence-electron chi connectivity index (χ3n) is 3.43. The molecule has 0 bridgehead atoms. The lowest BCUT2D eigenvalue weighted by Gasteiger charge is -2.21. The maximum Gasteiger partial charge on any atom is 0.172 e. The van der Waals surface area contributed by atoms with Crippen molar-refractivity contribution in [2.24, 2.45) is 0 Å². The van der Waals surface area contributed by atoms with E-state index in [1.54, 1.807) is 0 Å². The summed E-state index contributed by atoms with van der Waals surface area (Å²) in [6.07, 6.45) is 2.79. The van der Waals surface area contributed by atoms with E-state index in [4.69, 9.17) is 12.2 Å². The van der Waals surface area contributed by atoms with E-state index in [9.17, 15) is 0 Å². The highest BCUT2D eigenvalue weighted by molar-refractivity contribution is 7.80. The number of nitrogens with one attached hydrogen (secondary N) is 2. The molecule has 1 heterocycles. The van der Waals surface area contributed by atoms with E-state index in [0.717, 1.165) is 17.8 Å². The Hall–Kier alpha value is -1.94. The smallest absolute Gasteiger partial charge is 0.172 e. The highest BCUT2D eigenvalue weighted by Gasteiger charge is 2.12. The largest absolute Gasteiger partial charge is 0.356 e. The zero-order chi connectivity index (χ0) is 15.2. The number of aryl methyl sites for hydroxylation is 2. The third-order valence-corrected chi connectivity index (χ3v) is 3.65. The topological polar surface area (TPSA) is 37.0 Å². The summed E-state index contributed by atoms with van der Waals surface area (Å²) in [6.45, 7) is 6.28. The number of benzene rings is 1. The second kappa shape index (κ2) is 7.18. The minimum Gasteiger partial charge on any atom is -0.356 e. The van der Waals surface area contributed by atoms with Gasteiger partial charge >= 0.3 is 0 Å². The molecule has 0 aliphatic heterocycles. The molecule has 3 nitrogen and oxygen atoms in total. The zero-order valence-electron chi connectivity index (χ0n) is 12.7. The summed E-state index contributed by atoms with van der Waals surface area (Å²) in [4.78, 5) is 4.30. The van der Waals surface area contributed by atoms with E-state index in [1.807, 2.05) is 25.3 Å². The van der Waals surface area contributed by atoms with Crippen LogP contribution in [0.15, 0.2) is 42.6 Å². The van der Waals surface area contributed by atoms with Crippen molar-refractivity contribution in [3.05, 3.63) is 59.3 Å². The molecule has 1 aromatic carbocycles. The fourth-order valence-corrected chi connectivity index (χ4v) is 2.48. The van der Waals surface area contributed by atoms with Gasteiger partial charge in [0.25, 0.3) is 0 Å². The van der Waals surface area contributed by atoms with Gasteiger partial charge in [0.15, 0.2) is 5.11 Å². The molecule has 1 aromatic heterocycles. The van der Waals surface area contributed by atoms with Gasteiger partial charge in [-0.2, -0.15) is 0 Å². The second-order valence-electron chi connectivity index (χ2n) is 5.14. The SMILES string of the molecule is CC[C@@H](NC(=S)Nc1ccc(C)cn1)c1ccccc1C. The predicted octanol–water partition coefficient (Wildman–Crippen LogP) is 4.14. The Balaban J connectivity index is 2.03. The molecule has 0 amide bonds. The average Bonchev–Trinajstić information content (AvgIpc) is 2.48. The van der Waals surface area contributed by atoms with Gasteiger partial charge in [-0.15, -0.1) is 0 Å². The van der Waals surface area contributed by atoms with E-state index < -0.39 is 0 Å². The van der Waals surface area contributed by atoms with Crippen molar-refractivity contribution in [1.82, 2.24) is 10.3 Å². The van der Waals surface area contributed by atoms with Gasteiger partial charge in [-0.05, 0) is 55.2 Å². The number of anilines is 1. The van der Waals surface area contributed by atoms with Crippen LogP contribution in [0.5, 0.6) is 0 Å². The molecule has 2 aromatic rings. The monoisotopic (exact) mass is 299 g/mol. The van der Waals surface area contributed by atoms with Gasteiger partial charge in [-0.25, -0.2) is 4.98 Å². The second-order valence-corrected chi connectivity index (χ2v) is 5.54. The Morgan fingerprint density at radius 3 is 2.57 bits per heavy atom. The highest BCUT2D eigenvalue weighted by Crippen LogP contribution is 2.20. The number of hydrogen-bond donors (Lipinski definition) is 2. The van der Waals surface area contributed by atoms with Gasteiger partial charge in [0.1, 0.15) is 5.82 Å². The number of nitrogens with zero attached hydrogens (tertiary/aromatic N) is 1. The van der Waals surface area contributed by atoms with Crippen LogP contribution >= 0.6 is 12.2 Å². The van der Waals surface area contributed by atoms with E-state index in [-0.39, 0.29) is 6.04 Å². The molecule has 0 radical (unpaired) electrons. The Bertz CT molecular complexity index is 608. The molecular formula is C17H21N3S. The summed E-state index contributed by atoms with van der Waals surface area (Å²) >= 11 is 5.39. The molecular weight excluding hydrogens is 278 g/mol. The van der Waals surface area contributed by atoms with Gasteiger partial charge in [0.2, 0.25) is 0 Å². The molecule has 21 heavy (non-hydrogen) atoms. The van der Waals surface area contributed by atoms with Crippen LogP contribution in [0.25, 0.3) is 0 Å². The molecule has 2 rings (SSSR count). The van der Waals surface area contributed by atoms with Crippen LogP contribution < -0.4 is 10.6 Å². The van der Waals surface area contributed by atoms with Crippen LogP contribution in [-0.4, -0.2) is 10.1 Å². The lowest BCUT2D eigenvalue weighted by atomic mass is 10.00. The van der Waals surface area contributed by atoms with Crippen LogP contribution in [0.4, 0.5) is 5.82 Å². The molecule has 2 N–H and O–H groups in total. The molecule has 110 valence electrons. The Kier molecular flexibility index (Phi) is 5.28. The number of aromatic nitrogens is 1. The standard InChI is InChI=1S/C17H21N3S/c1-4-15(14-8-6-5-7-13(14)3)19-17(21)20-16-10-9-12(2)11-18-16/h5-11,15H,4H2,1-3H3,(H2,18,19,20,21)/t15-/m1/s1.